The lowest BCUT2D eigenvalue weighted by atomic mass is 10.2. The molecule has 0 spiro atoms. The van der Waals surface area contributed by atoms with Gasteiger partial charge in [0.05, 0.1) is 16.9 Å². The summed E-state index contributed by atoms with van der Waals surface area (Å²) in [6.07, 6.45) is 5.44. The average molecular weight is 1060 g/mol. The van der Waals surface area contributed by atoms with Crippen LogP contribution in [0.2, 0.25) is 0 Å². The van der Waals surface area contributed by atoms with Gasteiger partial charge in [-0.25, -0.2) is 0 Å². The molecule has 2 N–H and O–H groups in total. The van der Waals surface area contributed by atoms with Crippen LogP contribution < -0.4 is 0 Å². The predicted molar refractivity (Wildman–Crippen MR) is 235 cm³/mol. The minimum Gasteiger partial charge on any atom is -0.400 e. The van der Waals surface area contributed by atoms with Crippen molar-refractivity contribution in [3.63, 3.8) is 0 Å². The Morgan fingerprint density at radius 2 is 0.962 bits per heavy atom. The first kappa shape index (κ1) is 59.9. The summed E-state index contributed by atoms with van der Waals surface area (Å²) >= 11 is 9.60. The van der Waals surface area contributed by atoms with Gasteiger partial charge in [-0.1, -0.05) is 165 Å². The van der Waals surface area contributed by atoms with Gasteiger partial charge in [-0.15, -0.1) is 29.6 Å². The van der Waals surface area contributed by atoms with Crippen molar-refractivity contribution in [2.75, 3.05) is 30.7 Å². The first-order valence-electron chi connectivity index (χ1n) is 14.3. The van der Waals surface area contributed by atoms with E-state index in [4.69, 9.17) is 22.3 Å². The quantitative estimate of drug-likeness (QED) is 0.0936. The third-order valence-corrected chi connectivity index (χ3v) is 8.44. The van der Waals surface area contributed by atoms with Crippen molar-refractivity contribution >= 4 is 108 Å². The molecule has 0 bridgehead atoms. The van der Waals surface area contributed by atoms with Crippen molar-refractivity contribution in [2.45, 2.75) is 30.1 Å². The molecule has 10 nitrogen and oxygen atoms in total. The summed E-state index contributed by atoms with van der Waals surface area (Å²) in [5, 5.41) is 8.88. The predicted octanol–water partition coefficient (Wildman–Crippen LogP) is 9.32. The van der Waals surface area contributed by atoms with Crippen LogP contribution in [0.4, 0.5) is 0 Å². The lowest BCUT2D eigenvalue weighted by Crippen LogP contribution is -2.02. The second kappa shape index (κ2) is 38.0. The van der Waals surface area contributed by atoms with Gasteiger partial charge < -0.3 is 5.11 Å². The third kappa shape index (κ3) is 32.8. The number of hydrogen-bond donors (Lipinski definition) is 2. The Morgan fingerprint density at radius 3 is 1.26 bits per heavy atom. The summed E-state index contributed by atoms with van der Waals surface area (Å²) in [7, 11) is -8.58. The molecule has 0 aliphatic carbocycles. The molecule has 0 aromatic heterocycles. The molecule has 0 aliphatic rings. The first-order valence-corrected chi connectivity index (χ1v) is 21.9. The molecule has 0 atom stereocenters. The standard InChI is InChI=1S/C9H10O3S.C8H9BrO3S.C8H9Br.C8H8.CH3Br.CH4O.CH4.BrH.O3S/c1-3-8-4-6-9(7-5-8)13(10,11)12-2;9-6-5-7-1-3-8(4-2-7)13(10,11)12;9-7-6-8-4-2-1-3-5-8;1-2-8-6-4-3-5-7-8;2*1-2;;;1-4(2)3/h3-7H,1H2,2H3;1-4H,5-6H2,(H,10,11,12);1-5H,6-7H2;2-7H,1H2;1H3;2H,1H3;1H4;1H;. The minimum absolute atomic E-state index is 0. The molecule has 0 fully saturated rings. The number of halogens is 4. The van der Waals surface area contributed by atoms with E-state index < -0.39 is 30.8 Å². The van der Waals surface area contributed by atoms with Crippen LogP contribution in [-0.4, -0.2) is 69.8 Å². The molecule has 4 aromatic carbocycles. The third-order valence-electron chi connectivity index (χ3n) is 5.49. The fraction of sp³-hybridized carbons (Fsp3) is 0.222. The molecule has 0 aliphatic heterocycles. The average Bonchev–Trinajstić information content (AvgIpc) is 3.15. The van der Waals surface area contributed by atoms with Gasteiger partial charge >= 0.3 is 10.6 Å². The molecule has 0 heterocycles. The number of rotatable bonds is 9. The van der Waals surface area contributed by atoms with Crippen LogP contribution in [0, 0.1) is 0 Å². The van der Waals surface area contributed by atoms with Gasteiger partial charge in [0.25, 0.3) is 20.2 Å². The molecule has 17 heteroatoms. The number of benzene rings is 4. The van der Waals surface area contributed by atoms with E-state index in [1.165, 1.54) is 35.4 Å². The minimum atomic E-state index is -4.05. The van der Waals surface area contributed by atoms with Gasteiger partial charge in [-0.2, -0.15) is 16.8 Å². The Hall–Kier alpha value is -2.32. The molecule has 53 heavy (non-hydrogen) atoms. The summed E-state index contributed by atoms with van der Waals surface area (Å²) in [4.78, 5) is 0.0893. The zero-order valence-electron chi connectivity index (χ0n) is 28.7. The summed E-state index contributed by atoms with van der Waals surface area (Å²) in [6.45, 7) is 7.19. The zero-order chi connectivity index (χ0) is 39.7. The first-order chi connectivity index (χ1) is 24.2. The number of aryl methyl sites for hydroxylation is 2. The Balaban J connectivity index is -0.000000181. The summed E-state index contributed by atoms with van der Waals surface area (Å²) < 4.78 is 82.0. The smallest absolute Gasteiger partial charge is 0.400 e. The van der Waals surface area contributed by atoms with Crippen molar-refractivity contribution in [2.24, 2.45) is 0 Å². The van der Waals surface area contributed by atoms with Gasteiger partial charge in [-0.05, 0) is 65.2 Å². The van der Waals surface area contributed by atoms with E-state index in [-0.39, 0.29) is 34.2 Å². The van der Waals surface area contributed by atoms with Crippen LogP contribution in [0.25, 0.3) is 12.2 Å². The highest BCUT2D eigenvalue weighted by molar-refractivity contribution is 9.09. The lowest BCUT2D eigenvalue weighted by Gasteiger charge is -2.00. The van der Waals surface area contributed by atoms with Crippen molar-refractivity contribution < 1.29 is 43.3 Å². The Bertz CT molecular complexity index is 1790. The Labute approximate surface area is 353 Å². The van der Waals surface area contributed by atoms with Crippen LogP contribution in [0.5, 0.6) is 0 Å². The van der Waals surface area contributed by atoms with E-state index in [1.807, 2.05) is 48.3 Å². The summed E-state index contributed by atoms with van der Waals surface area (Å²) in [5.74, 6) is 1.81. The van der Waals surface area contributed by atoms with Crippen molar-refractivity contribution in [1.82, 2.24) is 0 Å². The van der Waals surface area contributed by atoms with Crippen LogP contribution in [0.1, 0.15) is 29.7 Å². The van der Waals surface area contributed by atoms with Crippen LogP contribution in [0.3, 0.4) is 0 Å². The molecule has 4 rings (SSSR count). The maximum Gasteiger partial charge on any atom is 0.425 e. The maximum absolute atomic E-state index is 11.2. The molecule has 0 saturated carbocycles. The van der Waals surface area contributed by atoms with Crippen molar-refractivity contribution in [1.29, 1.82) is 0 Å². The molecular formula is C36H48Br4O10S3. The van der Waals surface area contributed by atoms with Crippen LogP contribution in [-0.2, 0) is 47.9 Å². The van der Waals surface area contributed by atoms with Gasteiger partial charge in [0, 0.05) is 17.8 Å². The zero-order valence-corrected chi connectivity index (χ0v) is 37.6. The molecule has 4 aromatic rings. The second-order valence-electron chi connectivity index (χ2n) is 8.70. The lowest BCUT2D eigenvalue weighted by molar-refractivity contribution is 0.397. The maximum atomic E-state index is 11.2. The van der Waals surface area contributed by atoms with Gasteiger partial charge in [0.15, 0.2) is 0 Å². The highest BCUT2D eigenvalue weighted by Gasteiger charge is 2.11. The van der Waals surface area contributed by atoms with E-state index in [2.05, 4.69) is 89.4 Å². The SMILES string of the molecule is Br.BrCCc1ccccc1.C.C=Cc1ccc(S(=O)(=O)OC)cc1.C=Cc1ccccc1.CBr.CO.O=S(=O)(O)c1ccc(CCBr)cc1.O=S(=O)=O. The molecule has 0 saturated heterocycles. The molecule has 0 radical (unpaired) electrons. The fourth-order valence-corrected chi connectivity index (χ4v) is 5.20. The van der Waals surface area contributed by atoms with Gasteiger partial charge in [0.1, 0.15) is 0 Å². The van der Waals surface area contributed by atoms with E-state index in [1.54, 1.807) is 30.3 Å². The highest BCUT2D eigenvalue weighted by Crippen LogP contribution is 2.13. The van der Waals surface area contributed by atoms with Gasteiger partial charge in [0.2, 0.25) is 0 Å². The summed E-state index contributed by atoms with van der Waals surface area (Å²) in [5.41, 5.74) is 4.47. The van der Waals surface area contributed by atoms with Crippen molar-refractivity contribution in [3.8, 4) is 0 Å². The van der Waals surface area contributed by atoms with E-state index in [0.29, 0.717) is 0 Å². The number of alkyl halides is 3. The highest BCUT2D eigenvalue weighted by atomic mass is 79.9. The van der Waals surface area contributed by atoms with E-state index in [0.717, 1.165) is 48.8 Å². The van der Waals surface area contributed by atoms with E-state index in [9.17, 15) is 16.8 Å². The summed E-state index contributed by atoms with van der Waals surface area (Å²) in [6, 6.07) is 32.9. The number of hydrogen-bond acceptors (Lipinski definition) is 9. The molecular weight excluding hydrogens is 1010 g/mol. The Kier molecular flexibility index (Phi) is 42.9. The van der Waals surface area contributed by atoms with Crippen LogP contribution in [0.15, 0.2) is 132 Å². The Morgan fingerprint density at radius 1 is 0.642 bits per heavy atom. The number of aliphatic hydroxyl groups is 1. The van der Waals surface area contributed by atoms with Gasteiger partial charge in [-0.3, -0.25) is 8.74 Å². The normalized spacial score (nSPS) is 9.13. The van der Waals surface area contributed by atoms with Crippen molar-refractivity contribution in [3.05, 3.63) is 145 Å². The topological polar surface area (TPSA) is 169 Å². The largest absolute Gasteiger partial charge is 0.425 e. The molecule has 298 valence electrons. The number of aliphatic hydroxyl groups excluding tert-OH is 1. The van der Waals surface area contributed by atoms with Crippen LogP contribution >= 0.6 is 64.8 Å². The molecule has 0 unspecified atom stereocenters. The fourth-order valence-electron chi connectivity index (χ4n) is 3.15. The monoisotopic (exact) mass is 1050 g/mol. The molecule has 0 amide bonds. The van der Waals surface area contributed by atoms with E-state index >= 15 is 0 Å². The second-order valence-corrected chi connectivity index (χ2v) is 13.8.